The standard InChI is InChI=1S/C14H27N3/c1-3-5-10-14(4-2)11-16-13(15)17(14)12-8-6-7-9-12/h12H,3-11H2,1-2H3,(H2,15,16). The van der Waals surface area contributed by atoms with E-state index in [-0.39, 0.29) is 5.54 Å². The quantitative estimate of drug-likeness (QED) is 0.799. The van der Waals surface area contributed by atoms with E-state index in [0.717, 1.165) is 12.5 Å². The minimum Gasteiger partial charge on any atom is -0.370 e. The van der Waals surface area contributed by atoms with Crippen LogP contribution in [0.5, 0.6) is 0 Å². The van der Waals surface area contributed by atoms with Gasteiger partial charge in [-0.05, 0) is 25.7 Å². The molecule has 0 aromatic rings. The van der Waals surface area contributed by atoms with Crippen molar-refractivity contribution in [3.8, 4) is 0 Å². The number of unbranched alkanes of at least 4 members (excludes halogenated alkanes) is 1. The van der Waals surface area contributed by atoms with Gasteiger partial charge in [0.1, 0.15) is 0 Å². The molecular formula is C14H27N3. The molecule has 1 heterocycles. The van der Waals surface area contributed by atoms with Gasteiger partial charge in [0, 0.05) is 6.04 Å². The van der Waals surface area contributed by atoms with Crippen LogP contribution in [0.3, 0.4) is 0 Å². The second-order valence-electron chi connectivity index (χ2n) is 5.66. The lowest BCUT2D eigenvalue weighted by atomic mass is 9.87. The summed E-state index contributed by atoms with van der Waals surface area (Å²) in [7, 11) is 0. The third-order valence-corrected chi connectivity index (χ3v) is 4.64. The fourth-order valence-corrected chi connectivity index (χ4v) is 3.52. The first kappa shape index (κ1) is 12.7. The average molecular weight is 237 g/mol. The second kappa shape index (κ2) is 5.28. The number of guanidine groups is 1. The third kappa shape index (κ3) is 2.29. The van der Waals surface area contributed by atoms with Gasteiger partial charge in [0.15, 0.2) is 5.96 Å². The van der Waals surface area contributed by atoms with Crippen LogP contribution in [0.25, 0.3) is 0 Å². The van der Waals surface area contributed by atoms with Crippen molar-refractivity contribution < 1.29 is 0 Å². The smallest absolute Gasteiger partial charge is 0.192 e. The first-order chi connectivity index (χ1) is 8.23. The van der Waals surface area contributed by atoms with Gasteiger partial charge in [-0.1, -0.05) is 39.5 Å². The highest BCUT2D eigenvalue weighted by Gasteiger charge is 2.44. The summed E-state index contributed by atoms with van der Waals surface area (Å²) in [5, 5.41) is 0. The monoisotopic (exact) mass is 237 g/mol. The normalized spacial score (nSPS) is 30.0. The molecule has 98 valence electrons. The Morgan fingerprint density at radius 3 is 2.65 bits per heavy atom. The minimum absolute atomic E-state index is 0.245. The molecule has 0 aromatic carbocycles. The van der Waals surface area contributed by atoms with Crippen LogP contribution >= 0.6 is 0 Å². The van der Waals surface area contributed by atoms with Gasteiger partial charge in [-0.3, -0.25) is 4.99 Å². The van der Waals surface area contributed by atoms with Crippen molar-refractivity contribution in [3.05, 3.63) is 0 Å². The van der Waals surface area contributed by atoms with E-state index >= 15 is 0 Å². The summed E-state index contributed by atoms with van der Waals surface area (Å²) in [4.78, 5) is 7.06. The van der Waals surface area contributed by atoms with Crippen LogP contribution in [-0.4, -0.2) is 29.0 Å². The molecule has 0 radical (unpaired) electrons. The zero-order valence-corrected chi connectivity index (χ0v) is 11.4. The maximum Gasteiger partial charge on any atom is 0.192 e. The van der Waals surface area contributed by atoms with Gasteiger partial charge >= 0.3 is 0 Å². The molecule has 0 amide bonds. The van der Waals surface area contributed by atoms with E-state index in [2.05, 4.69) is 23.7 Å². The van der Waals surface area contributed by atoms with Crippen LogP contribution in [0.2, 0.25) is 0 Å². The van der Waals surface area contributed by atoms with Crippen LogP contribution < -0.4 is 5.73 Å². The van der Waals surface area contributed by atoms with Gasteiger partial charge in [0.2, 0.25) is 0 Å². The van der Waals surface area contributed by atoms with Crippen molar-refractivity contribution in [3.63, 3.8) is 0 Å². The molecule has 1 fully saturated rings. The Morgan fingerprint density at radius 1 is 1.35 bits per heavy atom. The Hall–Kier alpha value is -0.730. The highest BCUT2D eigenvalue weighted by Crippen LogP contribution is 2.37. The topological polar surface area (TPSA) is 41.6 Å². The number of hydrogen-bond acceptors (Lipinski definition) is 3. The van der Waals surface area contributed by atoms with Crippen molar-refractivity contribution in [2.45, 2.75) is 76.8 Å². The van der Waals surface area contributed by atoms with Crippen molar-refractivity contribution in [1.29, 1.82) is 0 Å². The molecule has 0 saturated heterocycles. The Bertz CT molecular complexity index is 281. The van der Waals surface area contributed by atoms with E-state index in [0.29, 0.717) is 6.04 Å². The second-order valence-corrected chi connectivity index (χ2v) is 5.66. The van der Waals surface area contributed by atoms with E-state index in [1.54, 1.807) is 0 Å². The summed E-state index contributed by atoms with van der Waals surface area (Å²) < 4.78 is 0. The minimum atomic E-state index is 0.245. The zero-order valence-electron chi connectivity index (χ0n) is 11.4. The number of nitrogens with zero attached hydrogens (tertiary/aromatic N) is 2. The van der Waals surface area contributed by atoms with Gasteiger partial charge in [-0.25, -0.2) is 0 Å². The number of aliphatic imine (C=N–C) groups is 1. The van der Waals surface area contributed by atoms with E-state index in [9.17, 15) is 0 Å². The van der Waals surface area contributed by atoms with Crippen LogP contribution in [-0.2, 0) is 0 Å². The molecule has 17 heavy (non-hydrogen) atoms. The maximum atomic E-state index is 6.16. The molecular weight excluding hydrogens is 210 g/mol. The first-order valence-corrected chi connectivity index (χ1v) is 7.33. The van der Waals surface area contributed by atoms with Gasteiger partial charge in [-0.2, -0.15) is 0 Å². The lowest BCUT2D eigenvalue weighted by Gasteiger charge is -2.42. The van der Waals surface area contributed by atoms with Crippen molar-refractivity contribution >= 4 is 5.96 Å². The Kier molecular flexibility index (Phi) is 3.95. The lowest BCUT2D eigenvalue weighted by molar-refractivity contribution is 0.130. The molecule has 3 heteroatoms. The Balaban J connectivity index is 2.13. The summed E-state index contributed by atoms with van der Waals surface area (Å²) in [6, 6.07) is 0.665. The van der Waals surface area contributed by atoms with Crippen molar-refractivity contribution in [2.24, 2.45) is 10.7 Å². The number of rotatable bonds is 5. The van der Waals surface area contributed by atoms with Gasteiger partial charge in [-0.15, -0.1) is 0 Å². The predicted octanol–water partition coefficient (Wildman–Crippen LogP) is 2.90. The summed E-state index contributed by atoms with van der Waals surface area (Å²) in [5.74, 6) is 0.815. The van der Waals surface area contributed by atoms with E-state index in [4.69, 9.17) is 5.73 Å². The highest BCUT2D eigenvalue weighted by atomic mass is 15.4. The SMILES string of the molecule is CCCCC1(CC)CN=C(N)N1C1CCCC1. The predicted molar refractivity (Wildman–Crippen MR) is 73.1 cm³/mol. The molecule has 1 saturated carbocycles. The summed E-state index contributed by atoms with van der Waals surface area (Å²) in [6.07, 6.45) is 10.3. The molecule has 2 rings (SSSR count). The Morgan fingerprint density at radius 2 is 2.06 bits per heavy atom. The molecule has 1 unspecified atom stereocenters. The van der Waals surface area contributed by atoms with Crippen molar-refractivity contribution in [1.82, 2.24) is 4.90 Å². The van der Waals surface area contributed by atoms with Crippen LogP contribution in [0, 0.1) is 0 Å². The molecule has 1 aliphatic carbocycles. The molecule has 0 bridgehead atoms. The van der Waals surface area contributed by atoms with Gasteiger partial charge in [0.05, 0.1) is 12.1 Å². The average Bonchev–Trinajstić information content (AvgIpc) is 2.95. The molecule has 1 atom stereocenters. The van der Waals surface area contributed by atoms with Crippen molar-refractivity contribution in [2.75, 3.05) is 6.54 Å². The molecule has 0 aromatic heterocycles. The summed E-state index contributed by atoms with van der Waals surface area (Å²) >= 11 is 0. The van der Waals surface area contributed by atoms with E-state index in [1.807, 2.05) is 0 Å². The zero-order chi connectivity index (χ0) is 12.3. The fourth-order valence-electron chi connectivity index (χ4n) is 3.52. The molecule has 1 aliphatic heterocycles. The molecule has 2 aliphatic rings. The number of nitrogens with two attached hydrogens (primary N) is 1. The summed E-state index contributed by atoms with van der Waals surface area (Å²) in [5.41, 5.74) is 6.40. The van der Waals surface area contributed by atoms with E-state index in [1.165, 1.54) is 51.4 Å². The molecule has 0 spiro atoms. The molecule has 2 N–H and O–H groups in total. The van der Waals surface area contributed by atoms with Crippen LogP contribution in [0.4, 0.5) is 0 Å². The molecule has 3 nitrogen and oxygen atoms in total. The lowest BCUT2D eigenvalue weighted by Crippen LogP contribution is -2.55. The van der Waals surface area contributed by atoms with Crippen LogP contribution in [0.1, 0.15) is 65.2 Å². The van der Waals surface area contributed by atoms with E-state index < -0.39 is 0 Å². The van der Waals surface area contributed by atoms with Crippen LogP contribution in [0.15, 0.2) is 4.99 Å². The van der Waals surface area contributed by atoms with Gasteiger partial charge in [0.25, 0.3) is 0 Å². The first-order valence-electron chi connectivity index (χ1n) is 7.33. The number of hydrogen-bond donors (Lipinski definition) is 1. The Labute approximate surface area is 105 Å². The van der Waals surface area contributed by atoms with Gasteiger partial charge < -0.3 is 10.6 Å². The summed E-state index contributed by atoms with van der Waals surface area (Å²) in [6.45, 7) is 5.49. The largest absolute Gasteiger partial charge is 0.370 e. The fraction of sp³-hybridized carbons (Fsp3) is 0.929. The maximum absolute atomic E-state index is 6.16. The third-order valence-electron chi connectivity index (χ3n) is 4.64. The highest BCUT2D eigenvalue weighted by molar-refractivity contribution is 5.81.